The number of fused-ring (bicyclic) bond motifs is 1. The third kappa shape index (κ3) is 3.85. The van der Waals surface area contributed by atoms with E-state index in [0.29, 0.717) is 16.6 Å². The fourth-order valence-electron chi connectivity index (χ4n) is 2.28. The number of aromatic nitrogens is 4. The first kappa shape index (κ1) is 16.7. The summed E-state index contributed by atoms with van der Waals surface area (Å²) in [6.07, 6.45) is 2.86. The third-order valence-electron chi connectivity index (χ3n) is 3.38. The zero-order chi connectivity index (χ0) is 17.3. The molecule has 3 aromatic rings. The molecule has 3 rings (SSSR count). The standard InChI is InChI=1S/C15H17N5O2S2/c1-10-6-7-16-15(17-10)23-9-14-18-12-8-11(19-24(3,21)22)4-5-13(12)20(14)2/h4-8,19H,9H2,1-3H3. The van der Waals surface area contributed by atoms with Crippen LogP contribution in [-0.4, -0.2) is 34.2 Å². The molecule has 0 saturated heterocycles. The maximum absolute atomic E-state index is 11.3. The highest BCUT2D eigenvalue weighted by Crippen LogP contribution is 2.24. The lowest BCUT2D eigenvalue weighted by molar-refractivity contribution is 0.607. The summed E-state index contributed by atoms with van der Waals surface area (Å²) in [6.45, 7) is 1.93. The first-order chi connectivity index (χ1) is 11.3. The number of anilines is 1. The Morgan fingerprint density at radius 1 is 1.25 bits per heavy atom. The summed E-state index contributed by atoms with van der Waals surface area (Å²) in [7, 11) is -1.37. The van der Waals surface area contributed by atoms with Gasteiger partial charge in [0.25, 0.3) is 0 Å². The lowest BCUT2D eigenvalue weighted by Gasteiger charge is -2.04. The van der Waals surface area contributed by atoms with Gasteiger partial charge in [-0.3, -0.25) is 4.72 Å². The number of rotatable bonds is 5. The monoisotopic (exact) mass is 363 g/mol. The summed E-state index contributed by atoms with van der Waals surface area (Å²) in [5.41, 5.74) is 3.11. The van der Waals surface area contributed by atoms with Crippen molar-refractivity contribution in [2.45, 2.75) is 17.8 Å². The van der Waals surface area contributed by atoms with Gasteiger partial charge in [0.2, 0.25) is 10.0 Å². The number of thioether (sulfide) groups is 1. The Kier molecular flexibility index (Phi) is 4.46. The smallest absolute Gasteiger partial charge is 0.229 e. The number of imidazole rings is 1. The van der Waals surface area contributed by atoms with E-state index < -0.39 is 10.0 Å². The van der Waals surface area contributed by atoms with E-state index in [1.165, 1.54) is 11.8 Å². The molecule has 7 nitrogen and oxygen atoms in total. The van der Waals surface area contributed by atoms with Crippen molar-refractivity contribution < 1.29 is 8.42 Å². The zero-order valence-corrected chi connectivity index (χ0v) is 15.1. The van der Waals surface area contributed by atoms with E-state index >= 15 is 0 Å². The van der Waals surface area contributed by atoms with Crippen molar-refractivity contribution in [3.63, 3.8) is 0 Å². The van der Waals surface area contributed by atoms with Crippen LogP contribution in [-0.2, 0) is 22.8 Å². The lowest BCUT2D eigenvalue weighted by atomic mass is 10.3. The number of benzene rings is 1. The van der Waals surface area contributed by atoms with E-state index in [2.05, 4.69) is 19.7 Å². The molecule has 0 saturated carbocycles. The number of nitrogens with one attached hydrogen (secondary N) is 1. The zero-order valence-electron chi connectivity index (χ0n) is 13.5. The first-order valence-electron chi connectivity index (χ1n) is 7.17. The van der Waals surface area contributed by atoms with E-state index in [4.69, 9.17) is 0 Å². The van der Waals surface area contributed by atoms with Crippen molar-refractivity contribution in [1.82, 2.24) is 19.5 Å². The number of aryl methyl sites for hydroxylation is 2. The molecule has 0 aliphatic rings. The molecule has 0 radical (unpaired) electrons. The molecule has 0 unspecified atom stereocenters. The van der Waals surface area contributed by atoms with Crippen molar-refractivity contribution in [3.8, 4) is 0 Å². The van der Waals surface area contributed by atoms with Gasteiger partial charge in [0.15, 0.2) is 5.16 Å². The molecule has 2 heterocycles. The van der Waals surface area contributed by atoms with Gasteiger partial charge < -0.3 is 4.57 Å². The van der Waals surface area contributed by atoms with E-state index in [9.17, 15) is 8.42 Å². The van der Waals surface area contributed by atoms with Crippen LogP contribution < -0.4 is 4.72 Å². The molecule has 0 amide bonds. The highest BCUT2D eigenvalue weighted by Gasteiger charge is 2.11. The van der Waals surface area contributed by atoms with Gasteiger partial charge in [-0.1, -0.05) is 11.8 Å². The minimum atomic E-state index is -3.30. The third-order valence-corrected chi connectivity index (χ3v) is 4.84. The molecule has 1 aromatic carbocycles. The summed E-state index contributed by atoms with van der Waals surface area (Å²) in [4.78, 5) is 13.2. The fraction of sp³-hybridized carbons (Fsp3) is 0.267. The molecule has 0 spiro atoms. The molecule has 0 atom stereocenters. The predicted octanol–water partition coefficient (Wildman–Crippen LogP) is 2.34. The van der Waals surface area contributed by atoms with Crippen molar-refractivity contribution in [3.05, 3.63) is 42.0 Å². The van der Waals surface area contributed by atoms with Crippen LogP contribution in [0, 0.1) is 6.92 Å². The van der Waals surface area contributed by atoms with Crippen LogP contribution in [0.5, 0.6) is 0 Å². The number of hydrogen-bond donors (Lipinski definition) is 1. The van der Waals surface area contributed by atoms with Crippen LogP contribution in [0.15, 0.2) is 35.6 Å². The number of sulfonamides is 1. The van der Waals surface area contributed by atoms with E-state index in [-0.39, 0.29) is 0 Å². The van der Waals surface area contributed by atoms with Crippen LogP contribution in [0.4, 0.5) is 5.69 Å². The lowest BCUT2D eigenvalue weighted by Crippen LogP contribution is -2.09. The van der Waals surface area contributed by atoms with Crippen LogP contribution in [0.25, 0.3) is 11.0 Å². The van der Waals surface area contributed by atoms with Crippen molar-refractivity contribution in [1.29, 1.82) is 0 Å². The number of hydrogen-bond acceptors (Lipinski definition) is 6. The molecule has 0 aliphatic carbocycles. The van der Waals surface area contributed by atoms with Crippen molar-refractivity contribution >= 4 is 38.5 Å². The molecule has 126 valence electrons. The van der Waals surface area contributed by atoms with Gasteiger partial charge in [-0.15, -0.1) is 0 Å². The Bertz CT molecular complexity index is 998. The van der Waals surface area contributed by atoms with E-state index in [0.717, 1.165) is 28.8 Å². The molecule has 0 aliphatic heterocycles. The second-order valence-electron chi connectivity index (χ2n) is 5.43. The molecular weight excluding hydrogens is 346 g/mol. The average molecular weight is 363 g/mol. The minimum Gasteiger partial charge on any atom is -0.330 e. The van der Waals surface area contributed by atoms with Crippen molar-refractivity contribution in [2.75, 3.05) is 11.0 Å². The molecule has 9 heteroatoms. The Labute approximate surface area is 144 Å². The molecular formula is C15H17N5O2S2. The Balaban J connectivity index is 1.85. The van der Waals surface area contributed by atoms with Gasteiger partial charge in [0, 0.05) is 18.9 Å². The van der Waals surface area contributed by atoms with Crippen LogP contribution in [0.3, 0.4) is 0 Å². The number of nitrogens with zero attached hydrogens (tertiary/aromatic N) is 4. The van der Waals surface area contributed by atoms with Gasteiger partial charge in [-0.2, -0.15) is 0 Å². The summed E-state index contributed by atoms with van der Waals surface area (Å²) in [6, 6.07) is 7.17. The largest absolute Gasteiger partial charge is 0.330 e. The maximum atomic E-state index is 11.3. The second kappa shape index (κ2) is 6.40. The van der Waals surface area contributed by atoms with Gasteiger partial charge in [-0.05, 0) is 31.2 Å². The van der Waals surface area contributed by atoms with Gasteiger partial charge >= 0.3 is 0 Å². The molecule has 0 bridgehead atoms. The summed E-state index contributed by atoms with van der Waals surface area (Å²) in [5, 5.41) is 0.710. The Morgan fingerprint density at radius 3 is 2.75 bits per heavy atom. The first-order valence-corrected chi connectivity index (χ1v) is 10.0. The predicted molar refractivity (Wildman–Crippen MR) is 95.5 cm³/mol. The van der Waals surface area contributed by atoms with Gasteiger partial charge in [0.1, 0.15) is 5.82 Å². The topological polar surface area (TPSA) is 89.8 Å². The maximum Gasteiger partial charge on any atom is 0.229 e. The summed E-state index contributed by atoms with van der Waals surface area (Å²) >= 11 is 1.51. The van der Waals surface area contributed by atoms with Crippen LogP contribution >= 0.6 is 11.8 Å². The van der Waals surface area contributed by atoms with Crippen molar-refractivity contribution in [2.24, 2.45) is 7.05 Å². The van der Waals surface area contributed by atoms with Gasteiger partial charge in [-0.25, -0.2) is 23.4 Å². The summed E-state index contributed by atoms with van der Waals surface area (Å²) < 4.78 is 27.1. The highest BCUT2D eigenvalue weighted by atomic mass is 32.2. The quantitative estimate of drug-likeness (QED) is 0.553. The molecule has 2 aromatic heterocycles. The SMILES string of the molecule is Cc1ccnc(SCc2nc3cc(NS(C)(=O)=O)ccc3n2C)n1. The van der Waals surface area contributed by atoms with Crippen LogP contribution in [0.1, 0.15) is 11.5 Å². The van der Waals surface area contributed by atoms with E-state index in [1.807, 2.05) is 30.7 Å². The summed E-state index contributed by atoms with van der Waals surface area (Å²) in [5.74, 6) is 1.50. The Morgan fingerprint density at radius 2 is 2.04 bits per heavy atom. The Hall–Kier alpha value is -2.13. The van der Waals surface area contributed by atoms with Crippen LogP contribution in [0.2, 0.25) is 0 Å². The minimum absolute atomic E-state index is 0.504. The average Bonchev–Trinajstić information content (AvgIpc) is 2.79. The van der Waals surface area contributed by atoms with E-state index in [1.54, 1.807) is 18.3 Å². The normalized spacial score (nSPS) is 11.8. The highest BCUT2D eigenvalue weighted by molar-refractivity contribution is 7.98. The fourth-order valence-corrected chi connectivity index (χ4v) is 3.70. The second-order valence-corrected chi connectivity index (χ2v) is 8.12. The molecule has 24 heavy (non-hydrogen) atoms. The molecule has 1 N–H and O–H groups in total. The van der Waals surface area contributed by atoms with Gasteiger partial charge in [0.05, 0.1) is 28.7 Å². The molecule has 0 fully saturated rings.